The quantitative estimate of drug-likeness (QED) is 0.363. The Balaban J connectivity index is 2.34. The molecule has 1 heterocycles. The van der Waals surface area contributed by atoms with Gasteiger partial charge in [-0.2, -0.15) is 0 Å². The Morgan fingerprint density at radius 3 is 2.55 bits per heavy atom. The van der Waals surface area contributed by atoms with Crippen LogP contribution in [0, 0.1) is 0 Å². The summed E-state index contributed by atoms with van der Waals surface area (Å²) in [6, 6.07) is 7.79. The van der Waals surface area contributed by atoms with Gasteiger partial charge in [-0.1, -0.05) is 12.1 Å². The van der Waals surface area contributed by atoms with E-state index < -0.39 is 5.97 Å². The number of hydrogen-bond acceptors (Lipinski definition) is 5. The number of ether oxygens (including phenoxy) is 1. The maximum atomic E-state index is 12.3. The number of methoxy groups -OCH3 is 1. The molecule has 1 saturated heterocycles. The lowest BCUT2D eigenvalue weighted by molar-refractivity contribution is -0.140. The highest BCUT2D eigenvalue weighted by molar-refractivity contribution is 7.98. The largest absolute Gasteiger partial charge is 0.468 e. The molecule has 5 nitrogen and oxygen atoms in total. The fourth-order valence-corrected chi connectivity index (χ4v) is 2.66. The van der Waals surface area contributed by atoms with Crippen LogP contribution >= 0.6 is 24.0 Å². The third-order valence-electron chi connectivity index (χ3n) is 3.27. The summed E-state index contributed by atoms with van der Waals surface area (Å²) in [5.41, 5.74) is 1.24. The second kappa shape index (κ2) is 6.93. The zero-order chi connectivity index (χ0) is 16.3. The number of carbonyl (C=O) groups is 2. The number of nitrogens with zero attached hydrogens (tertiary/aromatic N) is 2. The minimum absolute atomic E-state index is 0.0832. The average Bonchev–Trinajstić information content (AvgIpc) is 2.73. The molecule has 0 atom stereocenters. The monoisotopic (exact) mass is 336 g/mol. The normalized spacial score (nSPS) is 16.6. The first kappa shape index (κ1) is 16.5. The Bertz CT molecular complexity index is 641. The van der Waals surface area contributed by atoms with E-state index in [0.717, 1.165) is 10.5 Å². The Morgan fingerprint density at radius 2 is 2.00 bits per heavy atom. The SMILES string of the molecule is COC(=O)CN1C(=S)N(C)C(=O)/C1=C/c1ccc(SC)cc1. The van der Waals surface area contributed by atoms with E-state index in [4.69, 9.17) is 12.2 Å². The molecule has 2 rings (SSSR count). The van der Waals surface area contributed by atoms with Crippen molar-refractivity contribution < 1.29 is 14.3 Å². The van der Waals surface area contributed by atoms with E-state index in [0.29, 0.717) is 10.8 Å². The molecule has 1 fully saturated rings. The van der Waals surface area contributed by atoms with Crippen LogP contribution < -0.4 is 0 Å². The fraction of sp³-hybridized carbons (Fsp3) is 0.267. The molecule has 0 N–H and O–H groups in total. The molecule has 0 aliphatic carbocycles. The highest BCUT2D eigenvalue weighted by atomic mass is 32.2. The number of likely N-dealkylation sites (N-methyl/N-ethyl adjacent to an activating group) is 1. The lowest BCUT2D eigenvalue weighted by Gasteiger charge is -2.16. The molecule has 0 radical (unpaired) electrons. The molecular formula is C15H16N2O3S2. The molecule has 0 spiro atoms. The van der Waals surface area contributed by atoms with Gasteiger partial charge in [0.15, 0.2) is 5.11 Å². The van der Waals surface area contributed by atoms with E-state index in [9.17, 15) is 9.59 Å². The fourth-order valence-electron chi connectivity index (χ4n) is 2.00. The van der Waals surface area contributed by atoms with Gasteiger partial charge in [0.1, 0.15) is 12.2 Å². The lowest BCUT2D eigenvalue weighted by Crippen LogP contribution is -2.33. The van der Waals surface area contributed by atoms with Crippen LogP contribution in [0.15, 0.2) is 34.9 Å². The van der Waals surface area contributed by atoms with E-state index in [2.05, 4.69) is 4.74 Å². The maximum absolute atomic E-state index is 12.3. The predicted molar refractivity (Wildman–Crippen MR) is 90.3 cm³/mol. The number of esters is 1. The second-order valence-corrected chi connectivity index (χ2v) is 5.86. The van der Waals surface area contributed by atoms with Gasteiger partial charge in [0, 0.05) is 11.9 Å². The molecule has 7 heteroatoms. The Kier molecular flexibility index (Phi) is 5.20. The molecule has 1 aromatic carbocycles. The Morgan fingerprint density at radius 1 is 1.36 bits per heavy atom. The van der Waals surface area contributed by atoms with Crippen LogP contribution in [0.3, 0.4) is 0 Å². The molecule has 116 valence electrons. The Labute approximate surface area is 138 Å². The molecule has 1 amide bonds. The summed E-state index contributed by atoms with van der Waals surface area (Å²) in [4.78, 5) is 27.8. The molecule has 0 saturated carbocycles. The van der Waals surface area contributed by atoms with Gasteiger partial charge in [0.25, 0.3) is 5.91 Å². The predicted octanol–water partition coefficient (Wildman–Crippen LogP) is 1.98. The van der Waals surface area contributed by atoms with E-state index in [-0.39, 0.29) is 12.5 Å². The highest BCUT2D eigenvalue weighted by Gasteiger charge is 2.36. The van der Waals surface area contributed by atoms with Gasteiger partial charge >= 0.3 is 5.97 Å². The zero-order valence-corrected chi connectivity index (χ0v) is 14.2. The molecule has 0 bridgehead atoms. The van der Waals surface area contributed by atoms with Crippen LogP contribution in [-0.4, -0.2) is 53.7 Å². The smallest absolute Gasteiger partial charge is 0.325 e. The summed E-state index contributed by atoms with van der Waals surface area (Å²) in [5.74, 6) is -0.683. The lowest BCUT2D eigenvalue weighted by atomic mass is 10.2. The van der Waals surface area contributed by atoms with Crippen molar-refractivity contribution in [3.63, 3.8) is 0 Å². The molecule has 1 aliphatic heterocycles. The minimum atomic E-state index is -0.450. The van der Waals surface area contributed by atoms with Crippen molar-refractivity contribution in [3.05, 3.63) is 35.5 Å². The molecule has 22 heavy (non-hydrogen) atoms. The number of thioether (sulfide) groups is 1. The summed E-state index contributed by atoms with van der Waals surface area (Å²) in [7, 11) is 2.89. The van der Waals surface area contributed by atoms with Crippen molar-refractivity contribution >= 4 is 47.0 Å². The number of hydrogen-bond donors (Lipinski definition) is 0. The molecule has 0 aromatic heterocycles. The molecule has 0 unspecified atom stereocenters. The highest BCUT2D eigenvalue weighted by Crippen LogP contribution is 2.23. The van der Waals surface area contributed by atoms with Crippen molar-refractivity contribution in [2.75, 3.05) is 27.0 Å². The van der Waals surface area contributed by atoms with Crippen LogP contribution in [0.5, 0.6) is 0 Å². The van der Waals surface area contributed by atoms with Gasteiger partial charge in [-0.3, -0.25) is 14.5 Å². The minimum Gasteiger partial charge on any atom is -0.468 e. The van der Waals surface area contributed by atoms with Gasteiger partial charge in [-0.25, -0.2) is 0 Å². The molecular weight excluding hydrogens is 320 g/mol. The standard InChI is InChI=1S/C15H16N2O3S2/c1-16-14(19)12(17(15(16)21)9-13(18)20-2)8-10-4-6-11(22-3)7-5-10/h4-8H,9H2,1-3H3/b12-8-. The van der Waals surface area contributed by atoms with Crippen molar-refractivity contribution in [1.82, 2.24) is 9.80 Å². The van der Waals surface area contributed by atoms with Crippen LogP contribution in [0.4, 0.5) is 0 Å². The van der Waals surface area contributed by atoms with Gasteiger partial charge in [-0.05, 0) is 42.2 Å². The number of benzene rings is 1. The van der Waals surface area contributed by atoms with E-state index >= 15 is 0 Å². The summed E-state index contributed by atoms with van der Waals surface area (Å²) < 4.78 is 4.66. The van der Waals surface area contributed by atoms with Crippen molar-refractivity contribution in [3.8, 4) is 0 Å². The van der Waals surface area contributed by atoms with E-state index in [1.54, 1.807) is 24.9 Å². The van der Waals surface area contributed by atoms with Crippen LogP contribution in [0.2, 0.25) is 0 Å². The van der Waals surface area contributed by atoms with E-state index in [1.807, 2.05) is 30.5 Å². The summed E-state index contributed by atoms with van der Waals surface area (Å²) in [5, 5.41) is 0.294. The summed E-state index contributed by atoms with van der Waals surface area (Å²) in [6.45, 7) is -0.0832. The first-order chi connectivity index (χ1) is 10.5. The third-order valence-corrected chi connectivity index (χ3v) is 4.50. The third kappa shape index (κ3) is 3.31. The van der Waals surface area contributed by atoms with Crippen molar-refractivity contribution in [1.29, 1.82) is 0 Å². The van der Waals surface area contributed by atoms with Crippen LogP contribution in [0.25, 0.3) is 6.08 Å². The Hall–Kier alpha value is -1.86. The summed E-state index contributed by atoms with van der Waals surface area (Å²) >= 11 is 6.86. The second-order valence-electron chi connectivity index (χ2n) is 4.61. The van der Waals surface area contributed by atoms with Crippen molar-refractivity contribution in [2.45, 2.75) is 4.90 Å². The van der Waals surface area contributed by atoms with Gasteiger partial charge < -0.3 is 9.64 Å². The zero-order valence-electron chi connectivity index (χ0n) is 12.5. The van der Waals surface area contributed by atoms with Crippen molar-refractivity contribution in [2.24, 2.45) is 0 Å². The topological polar surface area (TPSA) is 49.9 Å². The van der Waals surface area contributed by atoms with Gasteiger partial charge in [0.2, 0.25) is 0 Å². The maximum Gasteiger partial charge on any atom is 0.325 e. The van der Waals surface area contributed by atoms with Crippen LogP contribution in [0.1, 0.15) is 5.56 Å². The first-order valence-corrected chi connectivity index (χ1v) is 8.13. The number of thiocarbonyl (C=S) groups is 1. The van der Waals surface area contributed by atoms with Crippen LogP contribution in [-0.2, 0) is 14.3 Å². The summed E-state index contributed by atoms with van der Waals surface area (Å²) in [6.07, 6.45) is 3.73. The van der Waals surface area contributed by atoms with E-state index in [1.165, 1.54) is 16.9 Å². The number of amides is 1. The first-order valence-electron chi connectivity index (χ1n) is 6.50. The van der Waals surface area contributed by atoms with Gasteiger partial charge in [-0.15, -0.1) is 11.8 Å². The molecule has 1 aromatic rings. The van der Waals surface area contributed by atoms with Gasteiger partial charge in [0.05, 0.1) is 7.11 Å². The average molecular weight is 336 g/mol. The number of carbonyl (C=O) groups excluding carboxylic acids is 2. The molecule has 1 aliphatic rings. The number of rotatable bonds is 4.